The molecule has 0 bridgehead atoms. The van der Waals surface area contributed by atoms with E-state index >= 15 is 0 Å². The lowest BCUT2D eigenvalue weighted by Gasteiger charge is -2.25. The lowest BCUT2D eigenvalue weighted by molar-refractivity contribution is 0.336. The third kappa shape index (κ3) is 8.88. The highest BCUT2D eigenvalue weighted by Gasteiger charge is 2.17. The summed E-state index contributed by atoms with van der Waals surface area (Å²) in [6.45, 7) is 6.31. The third-order valence-corrected chi connectivity index (χ3v) is 7.87. The van der Waals surface area contributed by atoms with Gasteiger partial charge in [-0.3, -0.25) is 0 Å². The van der Waals surface area contributed by atoms with Crippen molar-refractivity contribution in [2.24, 2.45) is 4.99 Å². The van der Waals surface area contributed by atoms with E-state index in [2.05, 4.69) is 38.7 Å². The van der Waals surface area contributed by atoms with Crippen molar-refractivity contribution in [2.75, 3.05) is 56.5 Å². The van der Waals surface area contributed by atoms with Gasteiger partial charge in [-0.1, -0.05) is 31.4 Å². The maximum absolute atomic E-state index is 5.80. The van der Waals surface area contributed by atoms with Crippen LogP contribution < -0.4 is 26.6 Å². The normalized spacial score (nSPS) is 18.9. The summed E-state index contributed by atoms with van der Waals surface area (Å²) in [7, 11) is 0. The Morgan fingerprint density at radius 3 is 2.64 bits per heavy atom. The number of piperidine rings is 1. The maximum Gasteiger partial charge on any atom is 0.225 e. The van der Waals surface area contributed by atoms with Crippen molar-refractivity contribution in [3.8, 4) is 0 Å². The van der Waals surface area contributed by atoms with Crippen molar-refractivity contribution >= 4 is 28.6 Å². The molecular weight excluding hydrogens is 488 g/mol. The monoisotopic (exact) mass is 534 g/mol. The average Bonchev–Trinajstić information content (AvgIpc) is 2.99. The predicted molar refractivity (Wildman–Crippen MR) is 161 cm³/mol. The van der Waals surface area contributed by atoms with Crippen LogP contribution in [-0.2, 0) is 4.74 Å². The zero-order valence-corrected chi connectivity index (χ0v) is 23.3. The van der Waals surface area contributed by atoms with Gasteiger partial charge in [-0.15, -0.1) is 0 Å². The van der Waals surface area contributed by atoms with Gasteiger partial charge in [0.1, 0.15) is 12.4 Å². The number of anilines is 2. The number of allylic oxidation sites excluding steroid dienone is 1. The Labute approximate surface area is 233 Å². The zero-order chi connectivity index (χ0) is 26.5. The summed E-state index contributed by atoms with van der Waals surface area (Å²) in [6, 6.07) is 9.34. The van der Waals surface area contributed by atoms with Crippen LogP contribution in [0.25, 0.3) is 10.9 Å². The van der Waals surface area contributed by atoms with E-state index in [1.807, 2.05) is 18.2 Å². The Morgan fingerprint density at radius 2 is 1.74 bits per heavy atom. The Kier molecular flexibility index (Phi) is 10.8. The van der Waals surface area contributed by atoms with E-state index in [4.69, 9.17) is 19.7 Å². The average molecular weight is 535 g/mol. The zero-order valence-electron chi connectivity index (χ0n) is 23.3. The molecule has 1 aromatic heterocycles. The molecule has 0 radical (unpaired) electrons. The quantitative estimate of drug-likeness (QED) is 0.230. The fourth-order valence-electron chi connectivity index (χ4n) is 5.65. The first-order chi connectivity index (χ1) is 19.3. The van der Waals surface area contributed by atoms with Crippen molar-refractivity contribution in [2.45, 2.75) is 76.3 Å². The largest absolute Gasteiger partial charge is 0.475 e. The van der Waals surface area contributed by atoms with E-state index in [0.29, 0.717) is 31.0 Å². The van der Waals surface area contributed by atoms with Crippen LogP contribution in [-0.4, -0.2) is 73.8 Å². The molecule has 3 heterocycles. The van der Waals surface area contributed by atoms with Gasteiger partial charge in [-0.05, 0) is 95.9 Å². The number of hydrogen-bond acceptors (Lipinski definition) is 9. The second kappa shape index (κ2) is 15.1. The van der Waals surface area contributed by atoms with Crippen LogP contribution in [0.1, 0.15) is 64.2 Å². The summed E-state index contributed by atoms with van der Waals surface area (Å²) >= 11 is 0. The van der Waals surface area contributed by atoms with Gasteiger partial charge in [-0.25, -0.2) is 9.98 Å². The fraction of sp³-hybridized carbons (Fsp3) is 0.633. The number of rotatable bonds is 14. The number of benzene rings is 1. The number of aliphatic imine (C=N–C) groups is 1. The number of nitrogens with one attached hydrogen (secondary N) is 5. The van der Waals surface area contributed by atoms with Gasteiger partial charge < -0.3 is 31.3 Å². The minimum Gasteiger partial charge on any atom is -0.475 e. The van der Waals surface area contributed by atoms with Gasteiger partial charge in [0.05, 0.1) is 12.1 Å². The van der Waals surface area contributed by atoms with Crippen molar-refractivity contribution in [1.82, 2.24) is 25.9 Å². The Balaban J connectivity index is 1.04. The Morgan fingerprint density at radius 1 is 0.897 bits per heavy atom. The summed E-state index contributed by atoms with van der Waals surface area (Å²) in [5.41, 5.74) is 2.03. The van der Waals surface area contributed by atoms with Gasteiger partial charge in [0, 0.05) is 23.2 Å². The van der Waals surface area contributed by atoms with Crippen LogP contribution in [0, 0.1) is 0 Å². The number of nitrogens with zero attached hydrogens (tertiary/aromatic N) is 3. The summed E-state index contributed by atoms with van der Waals surface area (Å²) in [5, 5.41) is 18.8. The number of aromatic nitrogens is 2. The van der Waals surface area contributed by atoms with E-state index in [1.54, 1.807) is 0 Å². The highest BCUT2D eigenvalue weighted by atomic mass is 16.5. The molecule has 9 heteroatoms. The van der Waals surface area contributed by atoms with E-state index < -0.39 is 0 Å². The SMILES string of the molecule is C1=C(CCCNCCCNC2CCCCC2)N=C(CNc2nc(NC3CCNCC3)c3ccccc3n2)OC1. The highest BCUT2D eigenvalue weighted by Crippen LogP contribution is 2.24. The van der Waals surface area contributed by atoms with E-state index in [9.17, 15) is 0 Å². The molecular formula is C30H46N8O. The molecule has 0 unspecified atom stereocenters. The number of para-hydroxylation sites is 1. The summed E-state index contributed by atoms with van der Waals surface area (Å²) in [4.78, 5) is 14.3. The second-order valence-corrected chi connectivity index (χ2v) is 10.9. The van der Waals surface area contributed by atoms with Crippen LogP contribution in [0.15, 0.2) is 41.0 Å². The van der Waals surface area contributed by atoms with Crippen LogP contribution in [0.3, 0.4) is 0 Å². The fourth-order valence-corrected chi connectivity index (χ4v) is 5.65. The van der Waals surface area contributed by atoms with E-state index in [-0.39, 0.29) is 0 Å². The second-order valence-electron chi connectivity index (χ2n) is 10.9. The third-order valence-electron chi connectivity index (χ3n) is 7.87. The van der Waals surface area contributed by atoms with E-state index in [0.717, 1.165) is 86.9 Å². The molecule has 39 heavy (non-hydrogen) atoms. The number of hydrogen-bond donors (Lipinski definition) is 5. The summed E-state index contributed by atoms with van der Waals surface area (Å²) < 4.78 is 5.80. The van der Waals surface area contributed by atoms with Crippen molar-refractivity contribution in [3.05, 3.63) is 36.0 Å². The minimum atomic E-state index is 0.420. The first-order valence-corrected chi connectivity index (χ1v) is 15.1. The molecule has 1 saturated heterocycles. The lowest BCUT2D eigenvalue weighted by Crippen LogP contribution is -2.35. The van der Waals surface area contributed by atoms with Crippen molar-refractivity contribution in [3.63, 3.8) is 0 Å². The van der Waals surface area contributed by atoms with Crippen molar-refractivity contribution < 1.29 is 4.74 Å². The molecule has 1 saturated carbocycles. The smallest absolute Gasteiger partial charge is 0.225 e. The molecule has 2 aromatic rings. The lowest BCUT2D eigenvalue weighted by atomic mass is 9.95. The van der Waals surface area contributed by atoms with Gasteiger partial charge in [0.15, 0.2) is 0 Å². The van der Waals surface area contributed by atoms with Crippen LogP contribution >= 0.6 is 0 Å². The Bertz CT molecular complexity index is 1090. The van der Waals surface area contributed by atoms with Gasteiger partial charge >= 0.3 is 0 Å². The molecule has 2 fully saturated rings. The van der Waals surface area contributed by atoms with Crippen molar-refractivity contribution in [1.29, 1.82) is 0 Å². The van der Waals surface area contributed by atoms with Gasteiger partial charge in [-0.2, -0.15) is 4.98 Å². The highest BCUT2D eigenvalue weighted by molar-refractivity contribution is 5.90. The molecule has 9 nitrogen and oxygen atoms in total. The first kappa shape index (κ1) is 27.8. The molecule has 0 spiro atoms. The van der Waals surface area contributed by atoms with Crippen LogP contribution in [0.2, 0.25) is 0 Å². The minimum absolute atomic E-state index is 0.420. The van der Waals surface area contributed by atoms with Gasteiger partial charge in [0.25, 0.3) is 0 Å². The Hall–Kier alpha value is -2.75. The maximum atomic E-state index is 5.80. The van der Waals surface area contributed by atoms with Gasteiger partial charge in [0.2, 0.25) is 11.8 Å². The topological polar surface area (TPSA) is 108 Å². The molecule has 1 aliphatic carbocycles. The molecule has 0 amide bonds. The number of fused-ring (bicyclic) bond motifs is 1. The summed E-state index contributed by atoms with van der Waals surface area (Å²) in [5.74, 6) is 2.17. The molecule has 212 valence electrons. The molecule has 3 aliphatic rings. The molecule has 5 rings (SSSR count). The standard InChI is InChI=1S/C30H46N8O/c1-2-8-23(9-3-1)33-18-7-17-31-16-6-10-24-15-21-39-28(35-24)22-34-30-37-27-12-5-4-11-26(27)29(38-30)36-25-13-19-32-20-14-25/h4-5,11-12,15,23,25,31-33H,1-3,6-10,13-14,16-22H2,(H2,34,36,37,38). The first-order valence-electron chi connectivity index (χ1n) is 15.1. The number of ether oxygens (including phenoxy) is 1. The predicted octanol–water partition coefficient (Wildman–Crippen LogP) is 4.20. The molecule has 2 aliphatic heterocycles. The van der Waals surface area contributed by atoms with Crippen LogP contribution in [0.4, 0.5) is 11.8 Å². The molecule has 1 aromatic carbocycles. The van der Waals surface area contributed by atoms with E-state index in [1.165, 1.54) is 38.5 Å². The summed E-state index contributed by atoms with van der Waals surface area (Å²) in [6.07, 6.45) is 14.4. The molecule has 0 atom stereocenters. The van der Waals surface area contributed by atoms with Crippen LogP contribution in [0.5, 0.6) is 0 Å². The molecule has 5 N–H and O–H groups in total.